The van der Waals surface area contributed by atoms with Crippen molar-refractivity contribution in [2.45, 2.75) is 31.2 Å². The second kappa shape index (κ2) is 8.46. The highest BCUT2D eigenvalue weighted by Crippen LogP contribution is 2.25. The summed E-state index contributed by atoms with van der Waals surface area (Å²) < 4.78 is 33.3. The van der Waals surface area contributed by atoms with E-state index in [1.165, 1.54) is 18.5 Å². The molecule has 0 bridgehead atoms. The van der Waals surface area contributed by atoms with Gasteiger partial charge in [-0.05, 0) is 37.1 Å². The molecule has 1 aromatic heterocycles. The Kier molecular flexibility index (Phi) is 6.57. The summed E-state index contributed by atoms with van der Waals surface area (Å²) in [5, 5.41) is 3.95. The first kappa shape index (κ1) is 19.4. The highest BCUT2D eigenvalue weighted by Gasteiger charge is 2.22. The average Bonchev–Trinajstić information content (AvgIpc) is 3.11. The van der Waals surface area contributed by atoms with Crippen molar-refractivity contribution in [3.63, 3.8) is 0 Å². The molecule has 1 aromatic carbocycles. The Balaban J connectivity index is 2.19. The van der Waals surface area contributed by atoms with Crippen LogP contribution in [0.4, 0.5) is 0 Å². The summed E-state index contributed by atoms with van der Waals surface area (Å²) in [4.78, 5) is 12.1. The fourth-order valence-electron chi connectivity index (χ4n) is 2.31. The molecule has 0 fully saturated rings. The number of thiophene rings is 1. The summed E-state index contributed by atoms with van der Waals surface area (Å²) in [6.07, 6.45) is 0.597. The number of sulfonamides is 1. The molecule has 0 radical (unpaired) electrons. The Bertz CT molecular complexity index is 813. The Morgan fingerprint density at radius 1 is 1.24 bits per heavy atom. The van der Waals surface area contributed by atoms with E-state index < -0.39 is 10.0 Å². The van der Waals surface area contributed by atoms with Crippen LogP contribution in [0.3, 0.4) is 0 Å². The minimum Gasteiger partial charge on any atom is -0.494 e. The number of hydrogen-bond donors (Lipinski definition) is 2. The first-order valence-corrected chi connectivity index (χ1v) is 10.3. The lowest BCUT2D eigenvalue weighted by molar-refractivity contribution is 0.0967. The van der Waals surface area contributed by atoms with Gasteiger partial charge in [-0.15, -0.1) is 11.3 Å². The molecular formula is C17H22N2O4S2. The van der Waals surface area contributed by atoms with Gasteiger partial charge in [0.15, 0.2) is 0 Å². The topological polar surface area (TPSA) is 84.5 Å². The molecule has 0 aliphatic heterocycles. The van der Waals surface area contributed by atoms with E-state index >= 15 is 0 Å². The molecule has 0 saturated heterocycles. The Labute approximate surface area is 152 Å². The van der Waals surface area contributed by atoms with Crippen molar-refractivity contribution in [1.29, 1.82) is 0 Å². The monoisotopic (exact) mass is 382 g/mol. The molecular weight excluding hydrogens is 360 g/mol. The number of rotatable bonds is 8. The number of hydrogen-bond acceptors (Lipinski definition) is 5. The van der Waals surface area contributed by atoms with Gasteiger partial charge >= 0.3 is 0 Å². The molecule has 136 valence electrons. The SMILES string of the molecule is CCOc1ccc([C@@H](CC)NS(=O)(=O)c2csc(C(=O)NC)c2)cc1. The van der Waals surface area contributed by atoms with Crippen LogP contribution in [0.15, 0.2) is 40.6 Å². The maximum Gasteiger partial charge on any atom is 0.261 e. The number of nitrogens with one attached hydrogen (secondary N) is 2. The first-order chi connectivity index (χ1) is 11.9. The lowest BCUT2D eigenvalue weighted by Gasteiger charge is -2.17. The number of amides is 1. The van der Waals surface area contributed by atoms with Gasteiger partial charge in [-0.2, -0.15) is 0 Å². The van der Waals surface area contributed by atoms with Crippen LogP contribution in [0, 0.1) is 0 Å². The number of carbonyl (C=O) groups is 1. The zero-order valence-electron chi connectivity index (χ0n) is 14.4. The van der Waals surface area contributed by atoms with Gasteiger partial charge in [0.05, 0.1) is 16.4 Å². The van der Waals surface area contributed by atoms with Crippen LogP contribution in [-0.2, 0) is 10.0 Å². The van der Waals surface area contributed by atoms with Gasteiger partial charge in [0.1, 0.15) is 5.75 Å². The standard InChI is InChI=1S/C17H22N2O4S2/c1-4-15(12-6-8-13(9-7-12)23-5-2)19-25(21,22)14-10-16(24-11-14)17(20)18-3/h6-11,15,19H,4-5H2,1-3H3,(H,18,20)/t15-/m1/s1. The second-order valence-corrected chi connectivity index (χ2v) is 7.94. The maximum absolute atomic E-state index is 12.6. The summed E-state index contributed by atoms with van der Waals surface area (Å²) in [5.74, 6) is 0.446. The number of ether oxygens (including phenoxy) is 1. The number of benzene rings is 1. The molecule has 8 heteroatoms. The third-order valence-electron chi connectivity index (χ3n) is 3.64. The van der Waals surface area contributed by atoms with Crippen molar-refractivity contribution in [3.8, 4) is 5.75 Å². The van der Waals surface area contributed by atoms with Crippen LogP contribution in [0.25, 0.3) is 0 Å². The van der Waals surface area contributed by atoms with E-state index in [2.05, 4.69) is 10.0 Å². The fraction of sp³-hybridized carbons (Fsp3) is 0.353. The summed E-state index contributed by atoms with van der Waals surface area (Å²) >= 11 is 1.10. The van der Waals surface area contributed by atoms with Gasteiger partial charge in [0.25, 0.3) is 5.91 Å². The average molecular weight is 383 g/mol. The van der Waals surface area contributed by atoms with Crippen LogP contribution in [0.2, 0.25) is 0 Å². The molecule has 0 aliphatic rings. The summed E-state index contributed by atoms with van der Waals surface area (Å²) in [6, 6.07) is 8.38. The minimum atomic E-state index is -3.71. The largest absolute Gasteiger partial charge is 0.494 e. The van der Waals surface area contributed by atoms with Crippen LogP contribution < -0.4 is 14.8 Å². The van der Waals surface area contributed by atoms with Crippen LogP contribution >= 0.6 is 11.3 Å². The van der Waals surface area contributed by atoms with Crippen molar-refractivity contribution in [2.24, 2.45) is 0 Å². The van der Waals surface area contributed by atoms with E-state index in [0.717, 1.165) is 22.6 Å². The second-order valence-electron chi connectivity index (χ2n) is 5.31. The summed E-state index contributed by atoms with van der Waals surface area (Å²) in [6.45, 7) is 4.40. The van der Waals surface area contributed by atoms with E-state index in [9.17, 15) is 13.2 Å². The van der Waals surface area contributed by atoms with Crippen molar-refractivity contribution < 1.29 is 17.9 Å². The Hall–Kier alpha value is -1.90. The zero-order chi connectivity index (χ0) is 18.4. The molecule has 6 nitrogen and oxygen atoms in total. The van der Waals surface area contributed by atoms with Gasteiger partial charge in [0.2, 0.25) is 10.0 Å². The molecule has 0 unspecified atom stereocenters. The van der Waals surface area contributed by atoms with Gasteiger partial charge < -0.3 is 10.1 Å². The minimum absolute atomic E-state index is 0.0977. The summed E-state index contributed by atoms with van der Waals surface area (Å²) in [7, 11) is -2.20. The maximum atomic E-state index is 12.6. The van der Waals surface area contributed by atoms with Crippen LogP contribution in [0.5, 0.6) is 5.75 Å². The molecule has 0 aliphatic carbocycles. The van der Waals surface area contributed by atoms with Gasteiger partial charge in [-0.1, -0.05) is 19.1 Å². The van der Waals surface area contributed by atoms with Crippen molar-refractivity contribution in [3.05, 3.63) is 46.2 Å². The molecule has 1 atom stereocenters. The normalized spacial score (nSPS) is 12.6. The van der Waals surface area contributed by atoms with E-state index in [1.807, 2.05) is 38.1 Å². The highest BCUT2D eigenvalue weighted by molar-refractivity contribution is 7.89. The van der Waals surface area contributed by atoms with E-state index in [1.54, 1.807) is 0 Å². The van der Waals surface area contributed by atoms with Crippen molar-refractivity contribution in [2.75, 3.05) is 13.7 Å². The molecule has 2 aromatic rings. The predicted octanol–water partition coefficient (Wildman–Crippen LogP) is 2.94. The van der Waals surface area contributed by atoms with E-state index in [-0.39, 0.29) is 16.8 Å². The zero-order valence-corrected chi connectivity index (χ0v) is 16.0. The van der Waals surface area contributed by atoms with Crippen molar-refractivity contribution in [1.82, 2.24) is 10.0 Å². The molecule has 0 spiro atoms. The van der Waals surface area contributed by atoms with Gasteiger partial charge in [-0.25, -0.2) is 13.1 Å². The molecule has 2 rings (SSSR count). The molecule has 1 amide bonds. The Morgan fingerprint density at radius 3 is 2.48 bits per heavy atom. The third-order valence-corrected chi connectivity index (χ3v) is 6.16. The Morgan fingerprint density at radius 2 is 1.92 bits per heavy atom. The van der Waals surface area contributed by atoms with E-state index in [4.69, 9.17) is 4.74 Å². The molecule has 0 saturated carbocycles. The van der Waals surface area contributed by atoms with E-state index in [0.29, 0.717) is 17.9 Å². The first-order valence-electron chi connectivity index (χ1n) is 7.97. The molecule has 2 N–H and O–H groups in total. The smallest absolute Gasteiger partial charge is 0.261 e. The fourth-order valence-corrected chi connectivity index (χ4v) is 4.83. The highest BCUT2D eigenvalue weighted by atomic mass is 32.2. The van der Waals surface area contributed by atoms with Gasteiger partial charge in [-0.3, -0.25) is 4.79 Å². The quantitative estimate of drug-likeness (QED) is 0.735. The third kappa shape index (κ3) is 4.81. The van der Waals surface area contributed by atoms with Gasteiger partial charge in [0, 0.05) is 18.5 Å². The van der Waals surface area contributed by atoms with Crippen LogP contribution in [0.1, 0.15) is 41.5 Å². The molecule has 1 heterocycles. The predicted molar refractivity (Wildman–Crippen MR) is 98.7 cm³/mol. The van der Waals surface area contributed by atoms with Crippen LogP contribution in [-0.4, -0.2) is 28.0 Å². The number of carbonyl (C=O) groups excluding carboxylic acids is 1. The molecule has 25 heavy (non-hydrogen) atoms. The lowest BCUT2D eigenvalue weighted by Crippen LogP contribution is -2.28. The van der Waals surface area contributed by atoms with Crippen molar-refractivity contribution >= 4 is 27.3 Å². The lowest BCUT2D eigenvalue weighted by atomic mass is 10.1. The summed E-state index contributed by atoms with van der Waals surface area (Å²) in [5.41, 5.74) is 0.858.